The van der Waals surface area contributed by atoms with E-state index < -0.39 is 0 Å². The molecule has 1 saturated carbocycles. The number of carbonyl (C=O) groups is 3. The van der Waals surface area contributed by atoms with Crippen molar-refractivity contribution in [3.05, 3.63) is 0 Å². The quantitative estimate of drug-likeness (QED) is 0.0362. The Kier molecular flexibility index (Phi) is 64.2. The van der Waals surface area contributed by atoms with Crippen molar-refractivity contribution in [2.24, 2.45) is 11.3 Å². The minimum atomic E-state index is -0.0318. The van der Waals surface area contributed by atoms with E-state index in [1.165, 1.54) is 289 Å². The molecule has 9 nitrogen and oxygen atoms in total. The molecular formula is C82H160N2O7. The molecule has 91 heavy (non-hydrogen) atoms. The lowest BCUT2D eigenvalue weighted by atomic mass is 9.60. The van der Waals surface area contributed by atoms with Gasteiger partial charge in [-0.25, -0.2) is 0 Å². The van der Waals surface area contributed by atoms with Crippen LogP contribution in [0.25, 0.3) is 0 Å². The van der Waals surface area contributed by atoms with Gasteiger partial charge in [0.25, 0.3) is 0 Å². The summed E-state index contributed by atoms with van der Waals surface area (Å²) >= 11 is 0. The first-order chi connectivity index (χ1) is 44.6. The third kappa shape index (κ3) is 58.2. The number of esters is 3. The summed E-state index contributed by atoms with van der Waals surface area (Å²) in [6.45, 7) is 21.1. The molecule has 9 heteroatoms. The summed E-state index contributed by atoms with van der Waals surface area (Å²) < 4.78 is 17.8. The Morgan fingerprint density at radius 3 is 1.00 bits per heavy atom. The molecule has 1 fully saturated rings. The van der Waals surface area contributed by atoms with Gasteiger partial charge in [0.15, 0.2) is 0 Å². The number of ether oxygens (including phenoxy) is 3. The van der Waals surface area contributed by atoms with Gasteiger partial charge in [0.2, 0.25) is 0 Å². The van der Waals surface area contributed by atoms with Crippen LogP contribution in [0.15, 0.2) is 0 Å². The van der Waals surface area contributed by atoms with Gasteiger partial charge in [-0.05, 0) is 166 Å². The van der Waals surface area contributed by atoms with Crippen LogP contribution < -0.4 is 0 Å². The highest BCUT2D eigenvalue weighted by Gasteiger charge is 2.39. The fraction of sp³-hybridized carbons (Fsp3) is 0.963. The summed E-state index contributed by atoms with van der Waals surface area (Å²) in [4.78, 5) is 43.5. The molecule has 0 aromatic rings. The number of carbonyl (C=O) groups excluding carboxylic acids is 3. The first kappa shape index (κ1) is 87.3. The summed E-state index contributed by atoms with van der Waals surface area (Å²) in [5.74, 6) is 0.933. The molecule has 0 amide bonds. The van der Waals surface area contributed by atoms with E-state index in [9.17, 15) is 19.5 Å². The monoisotopic (exact) mass is 1290 g/mol. The molecule has 0 saturated heterocycles. The minimum absolute atomic E-state index is 0.00859. The van der Waals surface area contributed by atoms with Gasteiger partial charge >= 0.3 is 17.9 Å². The molecule has 0 radical (unpaired) electrons. The highest BCUT2D eigenvalue weighted by atomic mass is 16.5. The first-order valence-electron chi connectivity index (χ1n) is 41.2. The molecular weight excluding hydrogens is 1120 g/mol. The second-order valence-electron chi connectivity index (χ2n) is 29.8. The van der Waals surface area contributed by atoms with Crippen molar-refractivity contribution in [3.8, 4) is 0 Å². The molecule has 0 spiro atoms. The minimum Gasteiger partial charge on any atom is -0.466 e. The van der Waals surface area contributed by atoms with E-state index in [4.69, 9.17) is 14.2 Å². The molecule has 0 aliphatic heterocycles. The molecule has 0 heterocycles. The predicted octanol–water partition coefficient (Wildman–Crippen LogP) is 24.5. The third-order valence-corrected chi connectivity index (χ3v) is 20.5. The topological polar surface area (TPSA) is 106 Å². The van der Waals surface area contributed by atoms with Crippen molar-refractivity contribution in [2.45, 2.75) is 445 Å². The van der Waals surface area contributed by atoms with Gasteiger partial charge in [0, 0.05) is 25.8 Å². The van der Waals surface area contributed by atoms with Crippen LogP contribution in [0, 0.1) is 11.3 Å². The zero-order valence-corrected chi connectivity index (χ0v) is 62.3. The van der Waals surface area contributed by atoms with Crippen LogP contribution in [-0.4, -0.2) is 97.5 Å². The molecule has 0 bridgehead atoms. The fourth-order valence-electron chi connectivity index (χ4n) is 14.5. The maximum atomic E-state index is 13.0. The second kappa shape index (κ2) is 66.9. The number of rotatable bonds is 74. The second-order valence-corrected chi connectivity index (χ2v) is 29.8. The molecule has 540 valence electrons. The molecule has 0 aromatic carbocycles. The zero-order valence-electron chi connectivity index (χ0n) is 62.3. The lowest BCUT2D eigenvalue weighted by Crippen LogP contribution is -2.38. The summed E-state index contributed by atoms with van der Waals surface area (Å²) in [7, 11) is 0. The summed E-state index contributed by atoms with van der Waals surface area (Å²) in [6, 6.07) is 0. The van der Waals surface area contributed by atoms with Crippen LogP contribution in [0.2, 0.25) is 0 Å². The van der Waals surface area contributed by atoms with E-state index in [0.29, 0.717) is 37.8 Å². The van der Waals surface area contributed by atoms with Crippen molar-refractivity contribution in [2.75, 3.05) is 52.5 Å². The van der Waals surface area contributed by atoms with Crippen LogP contribution in [0.5, 0.6) is 0 Å². The standard InChI is InChI=1S/C82H160N2O7/c1-7-12-17-22-28-39-52-66-83(67-53-40-31-38-50-63-80(87)90-77(58-45-33-23-18-13-8-2)59-46-34-24-19-14-9-3)70-65-82(6)74-76(75-82)57-44-32-27-29-42-56-73-89-79(86)62-49-37-30-41-54-68-84(71-72-85)69-55-43-51-64-81(88)91-78(60-47-35-25-20-15-10-4)61-48-36-26-21-16-11-5/h76-78,85H,7-75H2,1-6H3. The highest BCUT2D eigenvalue weighted by Crippen LogP contribution is 2.50. The Bertz CT molecular complexity index is 1510. The number of nitrogens with zero attached hydrogens (tertiary/aromatic N) is 2. The van der Waals surface area contributed by atoms with Gasteiger partial charge in [0.1, 0.15) is 12.2 Å². The zero-order chi connectivity index (χ0) is 66.0. The van der Waals surface area contributed by atoms with Gasteiger partial charge < -0.3 is 29.1 Å². The Labute approximate surface area is 567 Å². The normalized spacial score (nSPS) is 15.0. The number of unbranched alkanes of at least 4 members (excludes halogenated alkanes) is 41. The van der Waals surface area contributed by atoms with Crippen molar-refractivity contribution in [1.29, 1.82) is 0 Å². The van der Waals surface area contributed by atoms with E-state index in [0.717, 1.165) is 122 Å². The van der Waals surface area contributed by atoms with Gasteiger partial charge in [-0.15, -0.1) is 0 Å². The smallest absolute Gasteiger partial charge is 0.306 e. The Morgan fingerprint density at radius 2 is 0.637 bits per heavy atom. The van der Waals surface area contributed by atoms with Crippen LogP contribution in [0.1, 0.15) is 433 Å². The van der Waals surface area contributed by atoms with Crippen molar-refractivity contribution in [1.82, 2.24) is 9.80 Å². The Hall–Kier alpha value is -1.71. The van der Waals surface area contributed by atoms with Crippen LogP contribution >= 0.6 is 0 Å². The van der Waals surface area contributed by atoms with Gasteiger partial charge in [-0.1, -0.05) is 292 Å². The van der Waals surface area contributed by atoms with E-state index in [-0.39, 0.29) is 36.7 Å². The van der Waals surface area contributed by atoms with Gasteiger partial charge in [-0.3, -0.25) is 14.4 Å². The maximum Gasteiger partial charge on any atom is 0.306 e. The molecule has 1 aliphatic rings. The van der Waals surface area contributed by atoms with Crippen LogP contribution in [-0.2, 0) is 28.6 Å². The van der Waals surface area contributed by atoms with Crippen LogP contribution in [0.4, 0.5) is 0 Å². The fourth-order valence-corrected chi connectivity index (χ4v) is 14.5. The van der Waals surface area contributed by atoms with E-state index in [1.54, 1.807) is 0 Å². The Balaban J connectivity index is 2.21. The van der Waals surface area contributed by atoms with Crippen molar-refractivity contribution < 1.29 is 33.7 Å². The summed E-state index contributed by atoms with van der Waals surface area (Å²) in [6.07, 6.45) is 73.6. The van der Waals surface area contributed by atoms with E-state index in [1.807, 2.05) is 0 Å². The highest BCUT2D eigenvalue weighted by molar-refractivity contribution is 5.70. The Morgan fingerprint density at radius 1 is 0.352 bits per heavy atom. The van der Waals surface area contributed by atoms with Crippen LogP contribution in [0.3, 0.4) is 0 Å². The van der Waals surface area contributed by atoms with Crippen molar-refractivity contribution >= 4 is 17.9 Å². The molecule has 0 atom stereocenters. The number of hydrogen-bond donors (Lipinski definition) is 1. The molecule has 1 N–H and O–H groups in total. The molecule has 0 unspecified atom stereocenters. The van der Waals surface area contributed by atoms with Gasteiger partial charge in [-0.2, -0.15) is 0 Å². The average molecular weight is 1290 g/mol. The predicted molar refractivity (Wildman–Crippen MR) is 392 cm³/mol. The van der Waals surface area contributed by atoms with Crippen molar-refractivity contribution in [3.63, 3.8) is 0 Å². The number of hydrogen-bond acceptors (Lipinski definition) is 9. The maximum absolute atomic E-state index is 13.0. The molecule has 1 aliphatic carbocycles. The number of aliphatic hydroxyl groups excluding tert-OH is 1. The van der Waals surface area contributed by atoms with E-state index >= 15 is 0 Å². The molecule has 0 aromatic heterocycles. The van der Waals surface area contributed by atoms with E-state index in [2.05, 4.69) is 51.3 Å². The third-order valence-electron chi connectivity index (χ3n) is 20.5. The number of aliphatic hydroxyl groups is 1. The van der Waals surface area contributed by atoms with Gasteiger partial charge in [0.05, 0.1) is 13.2 Å². The average Bonchev–Trinajstić information content (AvgIpc) is 1.07. The summed E-state index contributed by atoms with van der Waals surface area (Å²) in [5, 5.41) is 9.72. The lowest BCUT2D eigenvalue weighted by molar-refractivity contribution is -0.151. The molecule has 1 rings (SSSR count). The largest absolute Gasteiger partial charge is 0.466 e. The summed E-state index contributed by atoms with van der Waals surface area (Å²) in [5.41, 5.74) is 0.521. The first-order valence-corrected chi connectivity index (χ1v) is 41.2. The lowest BCUT2D eigenvalue weighted by Gasteiger charge is -2.46. The SMILES string of the molecule is CCCCCCCCCN(CCCCCCCC(=O)OC(CCCCCCCC)CCCCCCCC)CCC1(C)CC(CCCCCCCCOC(=O)CCCCCCCN(CCO)CCCCCC(=O)OC(CCCCCCCC)CCCCCCCC)C1.